The zero-order chi connectivity index (χ0) is 10.3. The van der Waals surface area contributed by atoms with Crippen molar-refractivity contribution in [3.05, 3.63) is 0 Å². The molecule has 0 amide bonds. The lowest BCUT2D eigenvalue weighted by Gasteiger charge is -2.27. The van der Waals surface area contributed by atoms with Gasteiger partial charge in [0.15, 0.2) is 5.79 Å². The van der Waals surface area contributed by atoms with Crippen LogP contribution >= 0.6 is 0 Å². The molecule has 0 rings (SSSR count). The predicted octanol–water partition coefficient (Wildman–Crippen LogP) is 2.68. The summed E-state index contributed by atoms with van der Waals surface area (Å²) in [6.07, 6.45) is 6.29. The summed E-state index contributed by atoms with van der Waals surface area (Å²) in [4.78, 5) is 0. The molecule has 80 valence electrons. The summed E-state index contributed by atoms with van der Waals surface area (Å²) in [5.41, 5.74) is 0. The van der Waals surface area contributed by atoms with Crippen molar-refractivity contribution in [3.8, 4) is 0 Å². The third-order valence-electron chi connectivity index (χ3n) is 2.59. The Bertz CT molecular complexity index is 108. The van der Waals surface area contributed by atoms with E-state index in [2.05, 4.69) is 13.8 Å². The fourth-order valence-corrected chi connectivity index (χ4v) is 1.59. The summed E-state index contributed by atoms with van der Waals surface area (Å²) in [7, 11) is 0. The highest BCUT2D eigenvalue weighted by atomic mass is 16.5. The van der Waals surface area contributed by atoms with E-state index >= 15 is 0 Å². The number of hydrogen-bond acceptors (Lipinski definition) is 2. The molecule has 0 spiro atoms. The van der Waals surface area contributed by atoms with Gasteiger partial charge in [-0.15, -0.1) is 0 Å². The van der Waals surface area contributed by atoms with E-state index in [0.29, 0.717) is 0 Å². The Balaban J connectivity index is 3.88. The third-order valence-corrected chi connectivity index (χ3v) is 2.59. The molecule has 2 heteroatoms. The monoisotopic (exact) mass is 188 g/mol. The van der Waals surface area contributed by atoms with E-state index in [1.165, 1.54) is 6.92 Å². The Kier molecular flexibility index (Phi) is 6.35. The van der Waals surface area contributed by atoms with Gasteiger partial charge in [-0.05, 0) is 19.8 Å². The lowest BCUT2D eigenvalue weighted by molar-refractivity contribution is -0.188. The molecule has 2 N–H and O–H groups in total. The van der Waals surface area contributed by atoms with E-state index < -0.39 is 5.79 Å². The first kappa shape index (κ1) is 12.9. The van der Waals surface area contributed by atoms with Crippen LogP contribution in [0.2, 0.25) is 0 Å². The molecule has 0 saturated heterocycles. The van der Waals surface area contributed by atoms with Crippen LogP contribution in [0.15, 0.2) is 0 Å². The van der Waals surface area contributed by atoms with Gasteiger partial charge < -0.3 is 10.2 Å². The molecule has 0 aromatic heterocycles. The molecule has 0 aliphatic carbocycles. The molecule has 0 fully saturated rings. The van der Waals surface area contributed by atoms with E-state index in [0.717, 1.165) is 38.5 Å². The Morgan fingerprint density at radius 1 is 1.00 bits per heavy atom. The second-order valence-corrected chi connectivity index (χ2v) is 4.08. The Labute approximate surface area is 82.0 Å². The number of unbranched alkanes of at least 4 members (excludes halogenated alkanes) is 2. The maximum absolute atomic E-state index is 9.49. The highest BCUT2D eigenvalue weighted by Crippen LogP contribution is 2.25. The third kappa shape index (κ3) is 6.05. The first-order chi connectivity index (χ1) is 6.02. The van der Waals surface area contributed by atoms with Crippen LogP contribution in [0.4, 0.5) is 0 Å². The van der Waals surface area contributed by atoms with Gasteiger partial charge in [0.1, 0.15) is 0 Å². The summed E-state index contributed by atoms with van der Waals surface area (Å²) in [6.45, 7) is 5.76. The standard InChI is InChI=1S/C11H24O2/c1-4-6-8-10(9-7-5-2)11(3,12)13/h10,12-13H,4-9H2,1-3H3. The van der Waals surface area contributed by atoms with E-state index in [-0.39, 0.29) is 5.92 Å². The summed E-state index contributed by atoms with van der Waals surface area (Å²) in [6, 6.07) is 0. The molecule has 0 bridgehead atoms. The van der Waals surface area contributed by atoms with Crippen LogP contribution in [-0.4, -0.2) is 16.0 Å². The normalized spacial score (nSPS) is 12.5. The van der Waals surface area contributed by atoms with E-state index in [4.69, 9.17) is 0 Å². The predicted molar refractivity (Wildman–Crippen MR) is 55.4 cm³/mol. The minimum Gasteiger partial charge on any atom is -0.366 e. The van der Waals surface area contributed by atoms with Gasteiger partial charge in [-0.3, -0.25) is 0 Å². The Morgan fingerprint density at radius 3 is 1.62 bits per heavy atom. The van der Waals surface area contributed by atoms with Gasteiger partial charge >= 0.3 is 0 Å². The number of rotatable bonds is 7. The summed E-state index contributed by atoms with van der Waals surface area (Å²) in [5.74, 6) is -1.43. The highest BCUT2D eigenvalue weighted by Gasteiger charge is 2.27. The molecule has 0 saturated carbocycles. The van der Waals surface area contributed by atoms with Crippen molar-refractivity contribution < 1.29 is 10.2 Å². The van der Waals surface area contributed by atoms with E-state index in [1.807, 2.05) is 0 Å². The molecule has 0 radical (unpaired) electrons. The van der Waals surface area contributed by atoms with Crippen molar-refractivity contribution in [2.24, 2.45) is 5.92 Å². The largest absolute Gasteiger partial charge is 0.366 e. The van der Waals surface area contributed by atoms with Crippen LogP contribution in [0, 0.1) is 5.92 Å². The molecule has 0 aliphatic heterocycles. The van der Waals surface area contributed by atoms with Crippen LogP contribution < -0.4 is 0 Å². The van der Waals surface area contributed by atoms with E-state index in [9.17, 15) is 10.2 Å². The van der Waals surface area contributed by atoms with Crippen molar-refractivity contribution in [1.29, 1.82) is 0 Å². The Morgan fingerprint density at radius 2 is 1.38 bits per heavy atom. The summed E-state index contributed by atoms with van der Waals surface area (Å²) >= 11 is 0. The first-order valence-electron chi connectivity index (χ1n) is 5.47. The molecule has 0 aromatic carbocycles. The molecular formula is C11H24O2. The first-order valence-corrected chi connectivity index (χ1v) is 5.47. The summed E-state index contributed by atoms with van der Waals surface area (Å²) < 4.78 is 0. The maximum atomic E-state index is 9.49. The van der Waals surface area contributed by atoms with Gasteiger partial charge in [0.05, 0.1) is 0 Å². The highest BCUT2D eigenvalue weighted by molar-refractivity contribution is 4.71. The van der Waals surface area contributed by atoms with Crippen molar-refractivity contribution in [2.75, 3.05) is 0 Å². The molecule has 0 atom stereocenters. The molecule has 0 aliphatic rings. The van der Waals surface area contributed by atoms with Crippen molar-refractivity contribution in [1.82, 2.24) is 0 Å². The molecule has 0 unspecified atom stereocenters. The quantitative estimate of drug-likeness (QED) is 0.603. The van der Waals surface area contributed by atoms with Gasteiger partial charge in [-0.1, -0.05) is 39.5 Å². The smallest absolute Gasteiger partial charge is 0.162 e. The van der Waals surface area contributed by atoms with Gasteiger partial charge in [0, 0.05) is 5.92 Å². The fourth-order valence-electron chi connectivity index (χ4n) is 1.59. The lowest BCUT2D eigenvalue weighted by atomic mass is 9.89. The average Bonchev–Trinajstić information content (AvgIpc) is 2.02. The van der Waals surface area contributed by atoms with Crippen LogP contribution in [0.25, 0.3) is 0 Å². The van der Waals surface area contributed by atoms with Crippen molar-refractivity contribution in [2.45, 2.75) is 65.1 Å². The van der Waals surface area contributed by atoms with Gasteiger partial charge in [-0.2, -0.15) is 0 Å². The topological polar surface area (TPSA) is 40.5 Å². The molecule has 0 heterocycles. The lowest BCUT2D eigenvalue weighted by Crippen LogP contribution is -2.34. The zero-order valence-corrected chi connectivity index (χ0v) is 9.21. The fraction of sp³-hybridized carbons (Fsp3) is 1.00. The van der Waals surface area contributed by atoms with Crippen molar-refractivity contribution in [3.63, 3.8) is 0 Å². The average molecular weight is 188 g/mol. The molecular weight excluding hydrogens is 164 g/mol. The van der Waals surface area contributed by atoms with Crippen LogP contribution in [0.5, 0.6) is 0 Å². The van der Waals surface area contributed by atoms with Crippen molar-refractivity contribution >= 4 is 0 Å². The number of aliphatic hydroxyl groups is 2. The SMILES string of the molecule is CCCCC(CCCC)C(C)(O)O. The Hall–Kier alpha value is -0.0800. The second-order valence-electron chi connectivity index (χ2n) is 4.08. The van der Waals surface area contributed by atoms with Gasteiger partial charge in [-0.25, -0.2) is 0 Å². The maximum Gasteiger partial charge on any atom is 0.162 e. The second kappa shape index (κ2) is 6.39. The van der Waals surface area contributed by atoms with Gasteiger partial charge in [0.2, 0.25) is 0 Å². The summed E-state index contributed by atoms with van der Waals surface area (Å²) in [5, 5.41) is 19.0. The van der Waals surface area contributed by atoms with Gasteiger partial charge in [0.25, 0.3) is 0 Å². The molecule has 13 heavy (non-hydrogen) atoms. The minimum atomic E-state index is -1.48. The van der Waals surface area contributed by atoms with E-state index in [1.54, 1.807) is 0 Å². The van der Waals surface area contributed by atoms with Crippen LogP contribution in [0.3, 0.4) is 0 Å². The molecule has 2 nitrogen and oxygen atoms in total. The minimum absolute atomic E-state index is 0.0485. The number of hydrogen-bond donors (Lipinski definition) is 2. The zero-order valence-electron chi connectivity index (χ0n) is 9.21. The van der Waals surface area contributed by atoms with Crippen LogP contribution in [-0.2, 0) is 0 Å². The van der Waals surface area contributed by atoms with Crippen LogP contribution in [0.1, 0.15) is 59.3 Å². The molecule has 0 aromatic rings.